The Hall–Kier alpha value is -2.08. The largest absolute Gasteiger partial charge is 0.496 e. The Bertz CT molecular complexity index is 737. The molecule has 0 spiro atoms. The van der Waals surface area contributed by atoms with Crippen LogP contribution in [0.4, 0.5) is 0 Å². The number of amides is 1. The van der Waals surface area contributed by atoms with Gasteiger partial charge >= 0.3 is 5.97 Å². The monoisotopic (exact) mass is 393 g/mol. The van der Waals surface area contributed by atoms with Crippen molar-refractivity contribution in [2.45, 2.75) is 20.3 Å². The van der Waals surface area contributed by atoms with E-state index in [0.717, 1.165) is 10.9 Å². The van der Waals surface area contributed by atoms with Gasteiger partial charge in [-0.3, -0.25) is 4.79 Å². The van der Waals surface area contributed by atoms with Crippen molar-refractivity contribution < 1.29 is 19.1 Å². The van der Waals surface area contributed by atoms with Crippen molar-refractivity contribution in [2.24, 2.45) is 0 Å². The Balaban J connectivity index is 2.60. The van der Waals surface area contributed by atoms with Gasteiger partial charge in [0.2, 0.25) is 0 Å². The molecular formula is C18H20BrNO4. The van der Waals surface area contributed by atoms with Crippen LogP contribution < -0.4 is 4.74 Å². The molecule has 0 bridgehead atoms. The number of hydrogen-bond donors (Lipinski definition) is 0. The summed E-state index contributed by atoms with van der Waals surface area (Å²) in [5.74, 6) is -0.0919. The van der Waals surface area contributed by atoms with E-state index in [9.17, 15) is 9.59 Å². The molecule has 1 amide bonds. The molecule has 0 aromatic heterocycles. The first-order chi connectivity index (χ1) is 11.4. The van der Waals surface area contributed by atoms with E-state index >= 15 is 0 Å². The topological polar surface area (TPSA) is 55.8 Å². The molecule has 2 rings (SSSR count). The Morgan fingerprint density at radius 3 is 2.62 bits per heavy atom. The van der Waals surface area contributed by atoms with Crippen molar-refractivity contribution >= 4 is 33.9 Å². The van der Waals surface area contributed by atoms with Gasteiger partial charge in [0.25, 0.3) is 5.91 Å². The molecule has 1 aromatic carbocycles. The van der Waals surface area contributed by atoms with Gasteiger partial charge in [-0.2, -0.15) is 0 Å². The van der Waals surface area contributed by atoms with Gasteiger partial charge in [-0.1, -0.05) is 22.9 Å². The van der Waals surface area contributed by atoms with Crippen molar-refractivity contribution in [2.75, 3.05) is 20.8 Å². The van der Waals surface area contributed by atoms with E-state index in [1.54, 1.807) is 31.1 Å². The summed E-state index contributed by atoms with van der Waals surface area (Å²) in [6.45, 7) is 4.30. The first-order valence-electron chi connectivity index (χ1n) is 7.61. The maximum Gasteiger partial charge on any atom is 0.340 e. The predicted octanol–water partition coefficient (Wildman–Crippen LogP) is 3.54. The molecule has 0 fully saturated rings. The number of halogens is 1. The smallest absolute Gasteiger partial charge is 0.340 e. The van der Waals surface area contributed by atoms with Gasteiger partial charge in [0.15, 0.2) is 0 Å². The van der Waals surface area contributed by atoms with Gasteiger partial charge in [-0.15, -0.1) is 0 Å². The Morgan fingerprint density at radius 2 is 2.04 bits per heavy atom. The number of hydrogen-bond acceptors (Lipinski definition) is 4. The highest BCUT2D eigenvalue weighted by Crippen LogP contribution is 2.34. The van der Waals surface area contributed by atoms with E-state index in [-0.39, 0.29) is 5.91 Å². The third-order valence-corrected chi connectivity index (χ3v) is 4.33. The number of benzene rings is 1. The molecule has 0 aliphatic carbocycles. The number of carbonyl (C=O) groups is 2. The number of allylic oxidation sites excluding steroid dienone is 1. The molecule has 0 unspecified atom stereocenters. The normalized spacial score (nSPS) is 16.1. The summed E-state index contributed by atoms with van der Waals surface area (Å²) < 4.78 is 11.1. The van der Waals surface area contributed by atoms with Crippen molar-refractivity contribution in [3.63, 3.8) is 0 Å². The molecule has 1 aliphatic rings. The number of carbonyl (C=O) groups excluding carboxylic acids is 2. The van der Waals surface area contributed by atoms with Crippen molar-refractivity contribution in [1.29, 1.82) is 0 Å². The van der Waals surface area contributed by atoms with E-state index in [1.807, 2.05) is 19.1 Å². The van der Waals surface area contributed by atoms with Crippen LogP contribution in [0.25, 0.3) is 6.08 Å². The van der Waals surface area contributed by atoms with Crippen LogP contribution in [0.3, 0.4) is 0 Å². The van der Waals surface area contributed by atoms with Crippen LogP contribution in [0.1, 0.15) is 25.8 Å². The first-order valence-corrected chi connectivity index (χ1v) is 8.40. The number of esters is 1. The minimum Gasteiger partial charge on any atom is -0.496 e. The number of ether oxygens (including phenoxy) is 2. The van der Waals surface area contributed by atoms with Crippen LogP contribution in [-0.2, 0) is 14.3 Å². The average Bonchev–Trinajstić information content (AvgIpc) is 2.79. The average molecular weight is 394 g/mol. The molecular weight excluding hydrogens is 374 g/mol. The zero-order valence-electron chi connectivity index (χ0n) is 14.2. The molecule has 5 nitrogen and oxygen atoms in total. The molecule has 128 valence electrons. The van der Waals surface area contributed by atoms with Gasteiger partial charge in [-0.05, 0) is 37.6 Å². The van der Waals surface area contributed by atoms with Gasteiger partial charge in [0.1, 0.15) is 5.75 Å². The fourth-order valence-electron chi connectivity index (χ4n) is 2.69. The minimum atomic E-state index is -0.514. The first kappa shape index (κ1) is 18.3. The van der Waals surface area contributed by atoms with E-state index < -0.39 is 5.97 Å². The quantitative estimate of drug-likeness (QED) is 0.566. The third kappa shape index (κ3) is 3.38. The van der Waals surface area contributed by atoms with Crippen LogP contribution in [0.2, 0.25) is 0 Å². The fourth-order valence-corrected chi connectivity index (χ4v) is 3.07. The van der Waals surface area contributed by atoms with Crippen LogP contribution >= 0.6 is 15.9 Å². The summed E-state index contributed by atoms with van der Waals surface area (Å²) in [6, 6.07) is 5.49. The van der Waals surface area contributed by atoms with Gasteiger partial charge in [0, 0.05) is 22.3 Å². The zero-order chi connectivity index (χ0) is 17.9. The summed E-state index contributed by atoms with van der Waals surface area (Å²) in [6.07, 6.45) is 2.47. The molecule has 24 heavy (non-hydrogen) atoms. The summed E-state index contributed by atoms with van der Waals surface area (Å²) in [7, 11) is 2.88. The predicted molar refractivity (Wildman–Crippen MR) is 95.4 cm³/mol. The SMILES string of the molecule is CCCN1C(=O)/C(=C\c2cc(Br)ccc2OC)C(C(=O)OC)=C1C. The van der Waals surface area contributed by atoms with E-state index in [2.05, 4.69) is 15.9 Å². The van der Waals surface area contributed by atoms with Crippen LogP contribution in [0.5, 0.6) is 5.75 Å². The van der Waals surface area contributed by atoms with Gasteiger partial charge in [-0.25, -0.2) is 4.79 Å². The lowest BCUT2D eigenvalue weighted by Crippen LogP contribution is -2.25. The second-order valence-electron chi connectivity index (χ2n) is 5.35. The molecule has 0 saturated carbocycles. The number of rotatable bonds is 5. The lowest BCUT2D eigenvalue weighted by atomic mass is 10.0. The van der Waals surface area contributed by atoms with E-state index in [4.69, 9.17) is 9.47 Å². The van der Waals surface area contributed by atoms with Crippen molar-refractivity contribution in [3.8, 4) is 5.75 Å². The number of nitrogens with zero attached hydrogens (tertiary/aromatic N) is 1. The molecule has 1 heterocycles. The van der Waals surface area contributed by atoms with Crippen molar-refractivity contribution in [1.82, 2.24) is 4.90 Å². The maximum absolute atomic E-state index is 12.8. The second-order valence-corrected chi connectivity index (χ2v) is 6.27. The van der Waals surface area contributed by atoms with Crippen molar-refractivity contribution in [3.05, 3.63) is 45.1 Å². The molecule has 0 radical (unpaired) electrons. The molecule has 6 heteroatoms. The van der Waals surface area contributed by atoms with Gasteiger partial charge in [0.05, 0.1) is 25.4 Å². The fraction of sp³-hybridized carbons (Fsp3) is 0.333. The molecule has 1 aliphatic heterocycles. The van der Waals surface area contributed by atoms with Crippen LogP contribution in [-0.4, -0.2) is 37.5 Å². The lowest BCUT2D eigenvalue weighted by molar-refractivity contribution is -0.136. The van der Waals surface area contributed by atoms with E-state index in [1.165, 1.54) is 7.11 Å². The Kier molecular flexibility index (Phi) is 5.83. The molecule has 0 atom stereocenters. The molecule has 0 saturated heterocycles. The van der Waals surface area contributed by atoms with Crippen LogP contribution in [0, 0.1) is 0 Å². The minimum absolute atomic E-state index is 0.197. The van der Waals surface area contributed by atoms with Gasteiger partial charge < -0.3 is 14.4 Å². The zero-order valence-corrected chi connectivity index (χ0v) is 15.8. The maximum atomic E-state index is 12.8. The standard InChI is InChI=1S/C18H20BrNO4/c1-5-8-20-11(2)16(18(22)24-4)14(17(20)21)10-12-9-13(19)6-7-15(12)23-3/h6-7,9-10H,5,8H2,1-4H3/b14-10-. The summed E-state index contributed by atoms with van der Waals surface area (Å²) in [5, 5.41) is 0. The Morgan fingerprint density at radius 1 is 1.33 bits per heavy atom. The highest BCUT2D eigenvalue weighted by molar-refractivity contribution is 9.10. The lowest BCUT2D eigenvalue weighted by Gasteiger charge is -2.16. The summed E-state index contributed by atoms with van der Waals surface area (Å²) in [4.78, 5) is 26.6. The number of methoxy groups -OCH3 is 2. The third-order valence-electron chi connectivity index (χ3n) is 3.84. The van der Waals surface area contributed by atoms with Crippen LogP contribution in [0.15, 0.2) is 39.5 Å². The molecule has 0 N–H and O–H groups in total. The highest BCUT2D eigenvalue weighted by atomic mass is 79.9. The summed E-state index contributed by atoms with van der Waals surface area (Å²) >= 11 is 3.41. The summed E-state index contributed by atoms with van der Waals surface area (Å²) in [5.41, 5.74) is 1.96. The van der Waals surface area contributed by atoms with E-state index in [0.29, 0.717) is 34.7 Å². The Labute approximate surface area is 150 Å². The second kappa shape index (κ2) is 7.66. The molecule has 1 aromatic rings. The highest BCUT2D eigenvalue weighted by Gasteiger charge is 2.36.